The van der Waals surface area contributed by atoms with Crippen LogP contribution in [0.3, 0.4) is 0 Å². The number of hydrogen-bond acceptors (Lipinski definition) is 3. The van der Waals surface area contributed by atoms with E-state index in [1.165, 1.54) is 82.0 Å². The fraction of sp³-hybridized carbons (Fsp3) is 0.720. The molecule has 3 fully saturated rings. The van der Waals surface area contributed by atoms with Gasteiger partial charge in [0.2, 0.25) is 0 Å². The van der Waals surface area contributed by atoms with Crippen LogP contribution in [0.4, 0.5) is 0 Å². The van der Waals surface area contributed by atoms with Crippen molar-refractivity contribution in [3.8, 4) is 0 Å². The number of aromatic nitrogens is 3. The molecule has 1 amide bonds. The average Bonchev–Trinajstić information content (AvgIpc) is 3.36. The Kier molecular flexibility index (Phi) is 6.05. The topological polar surface area (TPSA) is 50.5 Å². The number of likely N-dealkylation sites (tertiary alicyclic amines) is 1. The molecule has 0 radical (unpaired) electrons. The summed E-state index contributed by atoms with van der Waals surface area (Å²) in [6.45, 7) is 1.73. The first-order chi connectivity index (χ1) is 14.8. The second-order valence-corrected chi connectivity index (χ2v) is 9.87. The van der Waals surface area contributed by atoms with E-state index in [2.05, 4.69) is 6.07 Å². The molecule has 0 aromatic carbocycles. The van der Waals surface area contributed by atoms with Crippen molar-refractivity contribution < 1.29 is 4.79 Å². The van der Waals surface area contributed by atoms with Gasteiger partial charge in [0.05, 0.1) is 0 Å². The van der Waals surface area contributed by atoms with E-state index in [0.717, 1.165) is 43.9 Å². The molecule has 5 heteroatoms. The molecule has 5 rings (SSSR count). The van der Waals surface area contributed by atoms with E-state index in [-0.39, 0.29) is 5.91 Å². The first kappa shape index (κ1) is 20.0. The van der Waals surface area contributed by atoms with E-state index < -0.39 is 0 Å². The van der Waals surface area contributed by atoms with Gasteiger partial charge in [0.25, 0.3) is 5.91 Å². The zero-order valence-electron chi connectivity index (χ0n) is 18.3. The van der Waals surface area contributed by atoms with Crippen molar-refractivity contribution in [3.05, 3.63) is 29.2 Å². The Morgan fingerprint density at radius 1 is 0.867 bits per heavy atom. The third-order valence-corrected chi connectivity index (χ3v) is 7.62. The minimum atomic E-state index is 0.0920. The molecule has 162 valence electrons. The molecule has 0 bridgehead atoms. The Labute approximate surface area is 180 Å². The summed E-state index contributed by atoms with van der Waals surface area (Å²) in [6.07, 6.45) is 17.6. The van der Waals surface area contributed by atoms with Crippen LogP contribution in [0.25, 0.3) is 5.65 Å². The smallest absolute Gasteiger partial charge is 0.274 e. The molecule has 2 saturated carbocycles. The van der Waals surface area contributed by atoms with Crippen LogP contribution in [0, 0.1) is 5.92 Å². The molecule has 0 atom stereocenters. The molecule has 2 aromatic heterocycles. The second-order valence-electron chi connectivity index (χ2n) is 9.87. The molecule has 2 aliphatic carbocycles. The summed E-state index contributed by atoms with van der Waals surface area (Å²) in [5, 5.41) is 4.83. The molecule has 5 nitrogen and oxygen atoms in total. The van der Waals surface area contributed by atoms with Crippen molar-refractivity contribution in [2.24, 2.45) is 5.92 Å². The Morgan fingerprint density at radius 3 is 2.27 bits per heavy atom. The minimum Gasteiger partial charge on any atom is -0.337 e. The largest absolute Gasteiger partial charge is 0.337 e. The van der Waals surface area contributed by atoms with E-state index in [1.54, 1.807) is 0 Å². The first-order valence-electron chi connectivity index (χ1n) is 12.5. The van der Waals surface area contributed by atoms with E-state index in [9.17, 15) is 4.79 Å². The van der Waals surface area contributed by atoms with Crippen molar-refractivity contribution >= 4 is 11.6 Å². The monoisotopic (exact) mass is 408 g/mol. The maximum absolute atomic E-state index is 13.2. The van der Waals surface area contributed by atoms with Gasteiger partial charge in [-0.2, -0.15) is 5.10 Å². The lowest BCUT2D eigenvalue weighted by atomic mass is 9.86. The summed E-state index contributed by atoms with van der Waals surface area (Å²) in [5.74, 6) is 1.42. The molecule has 0 spiro atoms. The number of hydrogen-bond donors (Lipinski definition) is 0. The lowest BCUT2D eigenvalue weighted by Crippen LogP contribution is -2.32. The maximum atomic E-state index is 13.2. The van der Waals surface area contributed by atoms with Crippen molar-refractivity contribution in [2.45, 2.75) is 95.8 Å². The van der Waals surface area contributed by atoms with Gasteiger partial charge >= 0.3 is 0 Å². The first-order valence-corrected chi connectivity index (χ1v) is 12.5. The Bertz CT molecular complexity index is 869. The fourth-order valence-corrected chi connectivity index (χ4v) is 5.90. The summed E-state index contributed by atoms with van der Waals surface area (Å²) < 4.78 is 2.01. The van der Waals surface area contributed by atoms with Gasteiger partial charge in [0.15, 0.2) is 11.3 Å². The number of carbonyl (C=O) groups is 1. The predicted octanol–water partition coefficient (Wildman–Crippen LogP) is 5.53. The quantitative estimate of drug-likeness (QED) is 0.669. The third kappa shape index (κ3) is 4.26. The lowest BCUT2D eigenvalue weighted by Gasteiger charge is -2.23. The molecule has 30 heavy (non-hydrogen) atoms. The lowest BCUT2D eigenvalue weighted by molar-refractivity contribution is 0.0755. The normalized spacial score (nSPS) is 21.9. The molecular formula is C25H36N4O. The number of rotatable bonds is 4. The van der Waals surface area contributed by atoms with Crippen molar-refractivity contribution in [1.82, 2.24) is 19.5 Å². The van der Waals surface area contributed by atoms with E-state index in [4.69, 9.17) is 10.1 Å². The molecule has 1 saturated heterocycles. The molecule has 3 aliphatic rings. The van der Waals surface area contributed by atoms with Gasteiger partial charge in [-0.3, -0.25) is 4.79 Å². The van der Waals surface area contributed by atoms with Crippen molar-refractivity contribution in [2.75, 3.05) is 13.1 Å². The van der Waals surface area contributed by atoms with Crippen LogP contribution in [0.2, 0.25) is 0 Å². The van der Waals surface area contributed by atoms with Gasteiger partial charge in [0, 0.05) is 36.5 Å². The summed E-state index contributed by atoms with van der Waals surface area (Å²) in [7, 11) is 0. The van der Waals surface area contributed by atoms with Crippen LogP contribution >= 0.6 is 0 Å². The Balaban J connectivity index is 1.48. The number of fused-ring (bicyclic) bond motifs is 1. The van der Waals surface area contributed by atoms with Gasteiger partial charge in [0.1, 0.15) is 0 Å². The van der Waals surface area contributed by atoms with Crippen molar-refractivity contribution in [1.29, 1.82) is 0 Å². The SMILES string of the molecule is O=C(c1cc2nc(CC3CCCC3)cc(C3CCCCC3)n2n1)N1CCCCCC1. The Morgan fingerprint density at radius 2 is 1.53 bits per heavy atom. The molecule has 2 aromatic rings. The summed E-state index contributed by atoms with van der Waals surface area (Å²) in [5.41, 5.74) is 3.97. The van der Waals surface area contributed by atoms with Crippen LogP contribution in [0.15, 0.2) is 12.1 Å². The maximum Gasteiger partial charge on any atom is 0.274 e. The van der Waals surface area contributed by atoms with Gasteiger partial charge in [-0.15, -0.1) is 0 Å². The van der Waals surface area contributed by atoms with Crippen LogP contribution in [-0.2, 0) is 6.42 Å². The minimum absolute atomic E-state index is 0.0920. The highest BCUT2D eigenvalue weighted by molar-refractivity contribution is 5.93. The average molecular weight is 409 g/mol. The highest BCUT2D eigenvalue weighted by Crippen LogP contribution is 2.34. The Hall–Kier alpha value is -1.91. The molecular weight excluding hydrogens is 372 g/mol. The van der Waals surface area contributed by atoms with Crippen LogP contribution < -0.4 is 0 Å². The standard InChI is InChI=1S/C25H36N4O/c30-25(28-14-8-1-2-9-15-28)22-18-24-26-21(16-19-10-6-7-11-19)17-23(29(24)27-22)20-12-4-3-5-13-20/h17-20H,1-16H2. The zero-order valence-corrected chi connectivity index (χ0v) is 18.3. The molecule has 1 aliphatic heterocycles. The van der Waals surface area contributed by atoms with Crippen LogP contribution in [-0.4, -0.2) is 38.5 Å². The van der Waals surface area contributed by atoms with Gasteiger partial charge in [-0.05, 0) is 44.1 Å². The van der Waals surface area contributed by atoms with Crippen LogP contribution in [0.5, 0.6) is 0 Å². The number of carbonyl (C=O) groups excluding carboxylic acids is 1. The van der Waals surface area contributed by atoms with Crippen LogP contribution in [0.1, 0.15) is 111 Å². The second kappa shape index (κ2) is 9.07. The van der Waals surface area contributed by atoms with E-state index >= 15 is 0 Å². The summed E-state index contributed by atoms with van der Waals surface area (Å²) in [6, 6.07) is 4.28. The predicted molar refractivity (Wildman–Crippen MR) is 119 cm³/mol. The zero-order chi connectivity index (χ0) is 20.3. The van der Waals surface area contributed by atoms with E-state index in [1.807, 2.05) is 15.5 Å². The summed E-state index contributed by atoms with van der Waals surface area (Å²) in [4.78, 5) is 20.2. The number of amides is 1. The number of nitrogens with zero attached hydrogens (tertiary/aromatic N) is 4. The molecule has 0 N–H and O–H groups in total. The van der Waals surface area contributed by atoms with Gasteiger partial charge < -0.3 is 4.90 Å². The third-order valence-electron chi connectivity index (χ3n) is 7.62. The highest BCUT2D eigenvalue weighted by Gasteiger charge is 2.25. The van der Waals surface area contributed by atoms with E-state index in [0.29, 0.717) is 11.6 Å². The fourth-order valence-electron chi connectivity index (χ4n) is 5.90. The van der Waals surface area contributed by atoms with Crippen molar-refractivity contribution in [3.63, 3.8) is 0 Å². The summed E-state index contributed by atoms with van der Waals surface area (Å²) >= 11 is 0. The van der Waals surface area contributed by atoms with Gasteiger partial charge in [-0.25, -0.2) is 9.50 Å². The molecule has 3 heterocycles. The molecule has 0 unspecified atom stereocenters. The highest BCUT2D eigenvalue weighted by atomic mass is 16.2. The van der Waals surface area contributed by atoms with Gasteiger partial charge in [-0.1, -0.05) is 57.8 Å².